The molecular formula is C16H15FN2S2. The number of alkyl halides is 1. The van der Waals surface area contributed by atoms with Gasteiger partial charge in [0.25, 0.3) is 0 Å². The van der Waals surface area contributed by atoms with Gasteiger partial charge in [0.1, 0.15) is 15.7 Å². The van der Waals surface area contributed by atoms with Crippen molar-refractivity contribution in [3.8, 4) is 11.1 Å². The van der Waals surface area contributed by atoms with Crippen LogP contribution in [0.5, 0.6) is 0 Å². The van der Waals surface area contributed by atoms with Crippen LogP contribution in [0, 0.1) is 13.8 Å². The molecule has 21 heavy (non-hydrogen) atoms. The normalized spacial score (nSPS) is 11.2. The molecule has 5 heteroatoms. The summed E-state index contributed by atoms with van der Waals surface area (Å²) >= 11 is 3.08. The van der Waals surface area contributed by atoms with Gasteiger partial charge in [-0.25, -0.2) is 9.97 Å². The lowest BCUT2D eigenvalue weighted by Crippen LogP contribution is -1.93. The van der Waals surface area contributed by atoms with Gasteiger partial charge in [-0.2, -0.15) is 0 Å². The number of halogens is 1. The predicted molar refractivity (Wildman–Crippen MR) is 89.0 cm³/mol. The van der Waals surface area contributed by atoms with Crippen molar-refractivity contribution in [3.63, 3.8) is 0 Å². The molecule has 0 bridgehead atoms. The highest BCUT2D eigenvalue weighted by atomic mass is 32.2. The Kier molecular flexibility index (Phi) is 4.22. The van der Waals surface area contributed by atoms with Gasteiger partial charge in [-0.15, -0.1) is 23.1 Å². The molecule has 2 nitrogen and oxygen atoms in total. The second-order valence-corrected chi connectivity index (χ2v) is 6.75. The minimum atomic E-state index is -0.348. The van der Waals surface area contributed by atoms with Crippen LogP contribution in [0.1, 0.15) is 11.4 Å². The van der Waals surface area contributed by atoms with Crippen LogP contribution in [-0.2, 0) is 0 Å². The molecule has 0 fully saturated rings. The van der Waals surface area contributed by atoms with E-state index in [0.717, 1.165) is 32.2 Å². The third-order valence-corrected chi connectivity index (χ3v) is 4.99. The molecule has 0 atom stereocenters. The molecule has 0 saturated heterocycles. The number of aromatic nitrogens is 2. The molecule has 0 saturated carbocycles. The molecule has 0 radical (unpaired) electrons. The number of thiophene rings is 1. The highest BCUT2D eigenvalue weighted by Crippen LogP contribution is 2.38. The number of thioether (sulfide) groups is 1. The van der Waals surface area contributed by atoms with E-state index < -0.39 is 0 Å². The number of nitrogens with zero attached hydrogens (tertiary/aromatic N) is 2. The van der Waals surface area contributed by atoms with E-state index in [0.29, 0.717) is 5.75 Å². The van der Waals surface area contributed by atoms with Gasteiger partial charge in [0, 0.05) is 16.7 Å². The van der Waals surface area contributed by atoms with Crippen molar-refractivity contribution in [1.29, 1.82) is 0 Å². The van der Waals surface area contributed by atoms with Gasteiger partial charge in [-0.3, -0.25) is 4.39 Å². The Balaban J connectivity index is 2.17. The van der Waals surface area contributed by atoms with Crippen molar-refractivity contribution in [2.45, 2.75) is 18.9 Å². The summed E-state index contributed by atoms with van der Waals surface area (Å²) in [6, 6.07) is 8.42. The maximum Gasteiger partial charge on any atom is 0.128 e. The lowest BCUT2D eigenvalue weighted by atomic mass is 10.1. The Morgan fingerprint density at radius 1 is 1.14 bits per heavy atom. The third-order valence-electron chi connectivity index (χ3n) is 3.19. The predicted octanol–water partition coefficient (Wildman–Crippen LogP) is 5.04. The maximum atomic E-state index is 12.5. The van der Waals surface area contributed by atoms with E-state index in [9.17, 15) is 4.39 Å². The van der Waals surface area contributed by atoms with Crippen molar-refractivity contribution in [3.05, 3.63) is 41.0 Å². The van der Waals surface area contributed by atoms with Gasteiger partial charge >= 0.3 is 0 Å². The molecule has 1 aromatic carbocycles. The van der Waals surface area contributed by atoms with Gasteiger partial charge in [0.15, 0.2) is 0 Å². The topological polar surface area (TPSA) is 25.8 Å². The zero-order chi connectivity index (χ0) is 14.8. The van der Waals surface area contributed by atoms with Crippen molar-refractivity contribution < 1.29 is 4.39 Å². The lowest BCUT2D eigenvalue weighted by Gasteiger charge is -2.06. The standard InChI is InChI=1S/C16H15FN2S2/c1-10-3-5-12(6-4-10)13-9-21-16-14(13)15(20-8-7-17)18-11(2)19-16/h3-6,9H,7-8H2,1-2H3. The molecule has 3 aromatic rings. The van der Waals surface area contributed by atoms with Crippen molar-refractivity contribution in [2.24, 2.45) is 0 Å². The average Bonchev–Trinajstić information content (AvgIpc) is 2.89. The number of fused-ring (bicyclic) bond motifs is 1. The molecule has 2 heterocycles. The van der Waals surface area contributed by atoms with E-state index in [-0.39, 0.29) is 6.67 Å². The Morgan fingerprint density at radius 2 is 1.90 bits per heavy atom. The Labute approximate surface area is 131 Å². The smallest absolute Gasteiger partial charge is 0.128 e. The Morgan fingerprint density at radius 3 is 2.62 bits per heavy atom. The third kappa shape index (κ3) is 2.94. The number of rotatable bonds is 4. The second kappa shape index (κ2) is 6.12. The molecule has 0 unspecified atom stereocenters. The quantitative estimate of drug-likeness (QED) is 0.498. The molecule has 0 spiro atoms. The summed E-state index contributed by atoms with van der Waals surface area (Å²) in [6.45, 7) is 3.61. The van der Waals surface area contributed by atoms with E-state index in [2.05, 4.69) is 46.5 Å². The molecular weight excluding hydrogens is 303 g/mol. The molecule has 0 N–H and O–H groups in total. The minimum Gasteiger partial charge on any atom is -0.250 e. The van der Waals surface area contributed by atoms with E-state index in [1.807, 2.05) is 6.92 Å². The zero-order valence-electron chi connectivity index (χ0n) is 11.9. The highest BCUT2D eigenvalue weighted by Gasteiger charge is 2.14. The van der Waals surface area contributed by atoms with E-state index in [4.69, 9.17) is 0 Å². The summed E-state index contributed by atoms with van der Waals surface area (Å²) in [6.07, 6.45) is 0. The van der Waals surface area contributed by atoms with Crippen LogP contribution < -0.4 is 0 Å². The van der Waals surface area contributed by atoms with Crippen LogP contribution >= 0.6 is 23.1 Å². The number of hydrogen-bond donors (Lipinski definition) is 0. The van der Waals surface area contributed by atoms with Crippen LogP contribution in [0.4, 0.5) is 4.39 Å². The molecule has 0 aliphatic rings. The lowest BCUT2D eigenvalue weighted by molar-refractivity contribution is 0.532. The molecule has 0 amide bonds. The Hall–Kier alpha value is -1.46. The summed E-state index contributed by atoms with van der Waals surface area (Å²) in [5.74, 6) is 1.16. The first-order valence-electron chi connectivity index (χ1n) is 6.70. The second-order valence-electron chi connectivity index (χ2n) is 4.81. The Bertz CT molecular complexity index is 766. The fraction of sp³-hybridized carbons (Fsp3) is 0.250. The number of benzene rings is 1. The molecule has 2 aromatic heterocycles. The summed E-state index contributed by atoms with van der Waals surface area (Å²) in [5, 5.41) is 4.04. The van der Waals surface area contributed by atoms with Crippen LogP contribution in [-0.4, -0.2) is 22.4 Å². The van der Waals surface area contributed by atoms with E-state index >= 15 is 0 Å². The summed E-state index contributed by atoms with van der Waals surface area (Å²) in [7, 11) is 0. The van der Waals surface area contributed by atoms with E-state index in [1.165, 1.54) is 17.3 Å². The number of hydrogen-bond acceptors (Lipinski definition) is 4. The van der Waals surface area contributed by atoms with Gasteiger partial charge in [-0.1, -0.05) is 29.8 Å². The first-order valence-corrected chi connectivity index (χ1v) is 8.57. The van der Waals surface area contributed by atoms with Crippen molar-refractivity contribution in [2.75, 3.05) is 12.4 Å². The molecule has 0 aliphatic heterocycles. The van der Waals surface area contributed by atoms with Crippen LogP contribution in [0.25, 0.3) is 21.3 Å². The minimum absolute atomic E-state index is 0.348. The van der Waals surface area contributed by atoms with Crippen LogP contribution in [0.2, 0.25) is 0 Å². The van der Waals surface area contributed by atoms with Crippen LogP contribution in [0.3, 0.4) is 0 Å². The zero-order valence-corrected chi connectivity index (χ0v) is 13.5. The van der Waals surface area contributed by atoms with Crippen LogP contribution in [0.15, 0.2) is 34.7 Å². The van der Waals surface area contributed by atoms with Crippen molar-refractivity contribution >= 4 is 33.3 Å². The first-order chi connectivity index (χ1) is 10.2. The average molecular weight is 318 g/mol. The summed E-state index contributed by atoms with van der Waals surface area (Å²) in [4.78, 5) is 9.99. The number of aryl methyl sites for hydroxylation is 2. The fourth-order valence-electron chi connectivity index (χ4n) is 2.20. The monoisotopic (exact) mass is 318 g/mol. The molecule has 0 aliphatic carbocycles. The fourth-order valence-corrected chi connectivity index (χ4v) is 4.07. The van der Waals surface area contributed by atoms with E-state index in [1.54, 1.807) is 11.3 Å². The first kappa shape index (κ1) is 14.5. The summed E-state index contributed by atoms with van der Waals surface area (Å²) < 4.78 is 12.5. The van der Waals surface area contributed by atoms with Gasteiger partial charge in [0.05, 0.1) is 12.1 Å². The van der Waals surface area contributed by atoms with Gasteiger partial charge in [0.2, 0.25) is 0 Å². The highest BCUT2D eigenvalue weighted by molar-refractivity contribution is 7.99. The van der Waals surface area contributed by atoms with Crippen molar-refractivity contribution in [1.82, 2.24) is 9.97 Å². The SMILES string of the molecule is Cc1ccc(-c2csc3nc(C)nc(SCCF)c23)cc1. The molecule has 3 rings (SSSR count). The maximum absolute atomic E-state index is 12.5. The molecule has 108 valence electrons. The van der Waals surface area contributed by atoms with Gasteiger partial charge in [-0.05, 0) is 19.4 Å². The van der Waals surface area contributed by atoms with Gasteiger partial charge < -0.3 is 0 Å². The summed E-state index contributed by atoms with van der Waals surface area (Å²) in [5.41, 5.74) is 3.52. The largest absolute Gasteiger partial charge is 0.250 e.